The van der Waals surface area contributed by atoms with Crippen LogP contribution in [0.15, 0.2) is 30.3 Å². The molecule has 1 heterocycles. The minimum atomic E-state index is -0.359. The SMILES string of the molecule is CNC(=O)C1CN(CC(N)=O)CCN1Cc1ccccc1. The number of nitrogens with zero attached hydrogens (tertiary/aromatic N) is 2. The zero-order chi connectivity index (χ0) is 15.2. The molecule has 1 fully saturated rings. The van der Waals surface area contributed by atoms with Crippen molar-refractivity contribution in [1.29, 1.82) is 0 Å². The first-order chi connectivity index (χ1) is 10.1. The number of carbonyl (C=O) groups excluding carboxylic acids is 2. The van der Waals surface area contributed by atoms with E-state index < -0.39 is 0 Å². The van der Waals surface area contributed by atoms with Gasteiger partial charge in [0.05, 0.1) is 6.54 Å². The van der Waals surface area contributed by atoms with Crippen molar-refractivity contribution in [3.63, 3.8) is 0 Å². The molecule has 0 aromatic heterocycles. The molecule has 0 radical (unpaired) electrons. The molecule has 0 bridgehead atoms. The number of rotatable bonds is 5. The first-order valence-electron chi connectivity index (χ1n) is 7.10. The molecule has 1 aliphatic heterocycles. The standard InChI is InChI=1S/C15H22N4O2/c1-17-15(21)13-10-18(11-14(16)20)7-8-19(13)9-12-5-3-2-4-6-12/h2-6,13H,7-11H2,1H3,(H2,16,20)(H,17,21). The Morgan fingerprint density at radius 3 is 2.62 bits per heavy atom. The van der Waals surface area contributed by atoms with Gasteiger partial charge < -0.3 is 11.1 Å². The van der Waals surface area contributed by atoms with Crippen molar-refractivity contribution in [1.82, 2.24) is 15.1 Å². The Hall–Kier alpha value is -1.92. The quantitative estimate of drug-likeness (QED) is 0.759. The van der Waals surface area contributed by atoms with Crippen LogP contribution in [0.3, 0.4) is 0 Å². The van der Waals surface area contributed by atoms with Gasteiger partial charge in [-0.1, -0.05) is 30.3 Å². The molecule has 114 valence electrons. The van der Waals surface area contributed by atoms with E-state index in [1.807, 2.05) is 23.1 Å². The van der Waals surface area contributed by atoms with Gasteiger partial charge >= 0.3 is 0 Å². The highest BCUT2D eigenvalue weighted by Gasteiger charge is 2.32. The molecule has 3 N–H and O–H groups in total. The number of nitrogens with one attached hydrogen (secondary N) is 1. The molecular formula is C15H22N4O2. The number of primary amides is 1. The molecule has 21 heavy (non-hydrogen) atoms. The van der Waals surface area contributed by atoms with Gasteiger partial charge in [0.15, 0.2) is 0 Å². The number of likely N-dealkylation sites (N-methyl/N-ethyl adjacent to an activating group) is 1. The lowest BCUT2D eigenvalue weighted by atomic mass is 10.1. The molecule has 0 spiro atoms. The second-order valence-electron chi connectivity index (χ2n) is 5.29. The van der Waals surface area contributed by atoms with Crippen LogP contribution in [-0.4, -0.2) is 60.9 Å². The van der Waals surface area contributed by atoms with Crippen LogP contribution in [-0.2, 0) is 16.1 Å². The normalized spacial score (nSPS) is 20.1. The fourth-order valence-electron chi connectivity index (χ4n) is 2.66. The largest absolute Gasteiger partial charge is 0.369 e. The average molecular weight is 290 g/mol. The molecule has 1 unspecified atom stereocenters. The van der Waals surface area contributed by atoms with Gasteiger partial charge in [-0.3, -0.25) is 19.4 Å². The number of hydrogen-bond donors (Lipinski definition) is 2. The van der Waals surface area contributed by atoms with Gasteiger partial charge in [-0.05, 0) is 5.56 Å². The van der Waals surface area contributed by atoms with Crippen molar-refractivity contribution in [2.45, 2.75) is 12.6 Å². The number of piperazine rings is 1. The van der Waals surface area contributed by atoms with Crippen LogP contribution >= 0.6 is 0 Å². The molecule has 1 aliphatic rings. The van der Waals surface area contributed by atoms with Crippen molar-refractivity contribution < 1.29 is 9.59 Å². The van der Waals surface area contributed by atoms with E-state index in [1.165, 1.54) is 5.56 Å². The van der Waals surface area contributed by atoms with E-state index in [2.05, 4.69) is 22.3 Å². The lowest BCUT2D eigenvalue weighted by molar-refractivity contribution is -0.130. The van der Waals surface area contributed by atoms with Crippen LogP contribution in [0.2, 0.25) is 0 Å². The molecule has 1 aromatic carbocycles. The summed E-state index contributed by atoms with van der Waals surface area (Å²) in [5.74, 6) is -0.387. The van der Waals surface area contributed by atoms with Gasteiger partial charge in [-0.25, -0.2) is 0 Å². The van der Waals surface area contributed by atoms with E-state index in [0.29, 0.717) is 6.54 Å². The molecule has 6 heteroatoms. The summed E-state index contributed by atoms with van der Waals surface area (Å²) in [5.41, 5.74) is 6.42. The zero-order valence-electron chi connectivity index (χ0n) is 12.3. The first-order valence-corrected chi connectivity index (χ1v) is 7.10. The molecule has 6 nitrogen and oxygen atoms in total. The number of hydrogen-bond acceptors (Lipinski definition) is 4. The molecule has 1 aromatic rings. The zero-order valence-corrected chi connectivity index (χ0v) is 12.3. The van der Waals surface area contributed by atoms with Crippen molar-refractivity contribution in [3.05, 3.63) is 35.9 Å². The third kappa shape index (κ3) is 4.27. The van der Waals surface area contributed by atoms with Gasteiger partial charge in [-0.15, -0.1) is 0 Å². The minimum Gasteiger partial charge on any atom is -0.369 e. The van der Waals surface area contributed by atoms with Crippen molar-refractivity contribution in [3.8, 4) is 0 Å². The molecule has 0 saturated carbocycles. The summed E-state index contributed by atoms with van der Waals surface area (Å²) in [5, 5.41) is 2.70. The third-order valence-corrected chi connectivity index (χ3v) is 3.73. The molecule has 0 aliphatic carbocycles. The average Bonchev–Trinajstić information content (AvgIpc) is 2.48. The first kappa shape index (κ1) is 15.5. The maximum absolute atomic E-state index is 12.1. The van der Waals surface area contributed by atoms with Crippen molar-refractivity contribution in [2.24, 2.45) is 5.73 Å². The smallest absolute Gasteiger partial charge is 0.238 e. The van der Waals surface area contributed by atoms with Crippen LogP contribution in [0.4, 0.5) is 0 Å². The van der Waals surface area contributed by atoms with Gasteiger partial charge in [-0.2, -0.15) is 0 Å². The summed E-state index contributed by atoms with van der Waals surface area (Å²) >= 11 is 0. The van der Waals surface area contributed by atoms with E-state index in [9.17, 15) is 9.59 Å². The summed E-state index contributed by atoms with van der Waals surface area (Å²) in [7, 11) is 1.63. The molecule has 2 amide bonds. The number of amides is 2. The third-order valence-electron chi connectivity index (χ3n) is 3.73. The summed E-state index contributed by atoms with van der Waals surface area (Å²) in [4.78, 5) is 27.2. The van der Waals surface area contributed by atoms with E-state index in [0.717, 1.165) is 19.6 Å². The van der Waals surface area contributed by atoms with Crippen LogP contribution < -0.4 is 11.1 Å². The highest BCUT2D eigenvalue weighted by atomic mass is 16.2. The Morgan fingerprint density at radius 2 is 2.00 bits per heavy atom. The van der Waals surface area contributed by atoms with Gasteiger partial charge in [0.1, 0.15) is 6.04 Å². The van der Waals surface area contributed by atoms with Crippen molar-refractivity contribution in [2.75, 3.05) is 33.2 Å². The second kappa shape index (κ2) is 7.19. The summed E-state index contributed by atoms with van der Waals surface area (Å²) in [6.07, 6.45) is 0. The Morgan fingerprint density at radius 1 is 1.29 bits per heavy atom. The predicted octanol–water partition coefficient (Wildman–Crippen LogP) is -0.596. The summed E-state index contributed by atoms with van der Waals surface area (Å²) in [6, 6.07) is 9.81. The van der Waals surface area contributed by atoms with Gasteiger partial charge in [0.2, 0.25) is 11.8 Å². The molecule has 1 saturated heterocycles. The Kier molecular flexibility index (Phi) is 5.30. The van der Waals surface area contributed by atoms with Crippen LogP contribution in [0.25, 0.3) is 0 Å². The maximum Gasteiger partial charge on any atom is 0.238 e. The lowest BCUT2D eigenvalue weighted by Gasteiger charge is -2.40. The fourth-order valence-corrected chi connectivity index (χ4v) is 2.66. The van der Waals surface area contributed by atoms with E-state index in [1.54, 1.807) is 7.05 Å². The highest BCUT2D eigenvalue weighted by molar-refractivity contribution is 5.82. The number of benzene rings is 1. The predicted molar refractivity (Wildman–Crippen MR) is 80.3 cm³/mol. The second-order valence-corrected chi connectivity index (χ2v) is 5.29. The summed E-state index contributed by atoms with van der Waals surface area (Å²) in [6.45, 7) is 2.93. The topological polar surface area (TPSA) is 78.7 Å². The van der Waals surface area contributed by atoms with E-state index in [4.69, 9.17) is 5.73 Å². The molecule has 2 rings (SSSR count). The molecular weight excluding hydrogens is 268 g/mol. The van der Waals surface area contributed by atoms with Gasteiger partial charge in [0.25, 0.3) is 0 Å². The number of nitrogens with two attached hydrogens (primary N) is 1. The Bertz CT molecular complexity index is 492. The Balaban J connectivity index is 2.05. The fraction of sp³-hybridized carbons (Fsp3) is 0.467. The minimum absolute atomic E-state index is 0.0277. The van der Waals surface area contributed by atoms with Crippen LogP contribution in [0, 0.1) is 0 Å². The highest BCUT2D eigenvalue weighted by Crippen LogP contribution is 2.14. The van der Waals surface area contributed by atoms with Crippen molar-refractivity contribution >= 4 is 11.8 Å². The van der Waals surface area contributed by atoms with E-state index in [-0.39, 0.29) is 24.4 Å². The molecule has 1 atom stereocenters. The Labute approximate surface area is 124 Å². The van der Waals surface area contributed by atoms with E-state index >= 15 is 0 Å². The number of carbonyl (C=O) groups is 2. The van der Waals surface area contributed by atoms with Crippen LogP contribution in [0.1, 0.15) is 5.56 Å². The maximum atomic E-state index is 12.1. The monoisotopic (exact) mass is 290 g/mol. The van der Waals surface area contributed by atoms with Crippen LogP contribution in [0.5, 0.6) is 0 Å². The lowest BCUT2D eigenvalue weighted by Crippen LogP contribution is -2.59. The summed E-state index contributed by atoms with van der Waals surface area (Å²) < 4.78 is 0. The van der Waals surface area contributed by atoms with Gasteiger partial charge in [0, 0.05) is 33.2 Å².